The minimum absolute atomic E-state index is 0.389. The summed E-state index contributed by atoms with van der Waals surface area (Å²) in [6.45, 7) is 0.389. The van der Waals surface area contributed by atoms with Gasteiger partial charge in [0.15, 0.2) is 18.9 Å². The van der Waals surface area contributed by atoms with Crippen molar-refractivity contribution in [3.05, 3.63) is 62.1 Å². The highest BCUT2D eigenvalue weighted by Crippen LogP contribution is 2.01. The van der Waals surface area contributed by atoms with Crippen LogP contribution in [0.1, 0.15) is 5.69 Å². The largest absolute Gasteiger partial charge is 0.326 e. The molecule has 16 heavy (non-hydrogen) atoms. The van der Waals surface area contributed by atoms with E-state index in [2.05, 4.69) is 9.97 Å². The molecule has 0 bridgehead atoms. The van der Waals surface area contributed by atoms with Crippen LogP contribution in [0.5, 0.6) is 0 Å². The molecule has 0 radical (unpaired) electrons. The first-order valence-corrected chi connectivity index (χ1v) is 4.98. The van der Waals surface area contributed by atoms with Gasteiger partial charge in [0.25, 0.3) is 5.56 Å². The fraction of sp³-hybridized carbons (Fsp3) is 0.100. The van der Waals surface area contributed by atoms with Crippen LogP contribution in [0.2, 0.25) is 5.02 Å². The number of nitrogens with one attached hydrogen (secondary N) is 2. The Balaban J connectivity index is 2.34. The maximum absolute atomic E-state index is 11.1. The molecule has 6 heteroatoms. The third-order valence-corrected chi connectivity index (χ3v) is 2.21. The fourth-order valence-corrected chi connectivity index (χ4v) is 1.59. The Hall–Kier alpha value is -1.88. The van der Waals surface area contributed by atoms with Gasteiger partial charge < -0.3 is 4.98 Å². The first-order chi connectivity index (χ1) is 7.63. The predicted molar refractivity (Wildman–Crippen MR) is 58.4 cm³/mol. The first kappa shape index (κ1) is 10.6. The second-order valence-electron chi connectivity index (χ2n) is 3.31. The zero-order chi connectivity index (χ0) is 11.5. The summed E-state index contributed by atoms with van der Waals surface area (Å²) in [4.78, 5) is 26.7. The number of H-pyrrole nitrogens is 2. The molecule has 0 unspecified atom stereocenters. The Morgan fingerprint density at radius 1 is 1.31 bits per heavy atom. The van der Waals surface area contributed by atoms with Gasteiger partial charge in [-0.05, 0) is 6.07 Å². The van der Waals surface area contributed by atoms with E-state index >= 15 is 0 Å². The van der Waals surface area contributed by atoms with Gasteiger partial charge in [-0.15, -0.1) is 0 Å². The van der Waals surface area contributed by atoms with Crippen molar-refractivity contribution in [3.8, 4) is 0 Å². The van der Waals surface area contributed by atoms with Crippen molar-refractivity contribution in [3.63, 3.8) is 0 Å². The van der Waals surface area contributed by atoms with E-state index in [1.165, 1.54) is 6.07 Å². The number of aromatic amines is 2. The third-order valence-electron chi connectivity index (χ3n) is 1.99. The Morgan fingerprint density at radius 3 is 2.81 bits per heavy atom. The normalized spacial score (nSPS) is 10.3. The lowest BCUT2D eigenvalue weighted by Gasteiger charge is -1.96. The number of nitrogens with zero attached hydrogens (tertiary/aromatic N) is 1. The Kier molecular flexibility index (Phi) is 2.87. The van der Waals surface area contributed by atoms with Crippen molar-refractivity contribution in [1.29, 1.82) is 0 Å². The smallest absolute Gasteiger partial charge is 0.305 e. The zero-order valence-electron chi connectivity index (χ0n) is 8.24. The molecule has 0 aliphatic rings. The quantitative estimate of drug-likeness (QED) is 0.726. The van der Waals surface area contributed by atoms with Crippen LogP contribution in [-0.2, 0) is 6.54 Å². The molecule has 0 saturated carbocycles. The molecule has 0 fully saturated rings. The van der Waals surface area contributed by atoms with Crippen LogP contribution in [-0.4, -0.2) is 9.97 Å². The Bertz CT molecular complexity index is 589. The van der Waals surface area contributed by atoms with Gasteiger partial charge in [0, 0.05) is 12.1 Å². The van der Waals surface area contributed by atoms with E-state index in [9.17, 15) is 9.59 Å². The monoisotopic (exact) mass is 238 g/mol. The SMILES string of the molecule is O=c1cc(C[n+]2cccc(Cl)c2)[nH]c(=O)[nH]1. The summed E-state index contributed by atoms with van der Waals surface area (Å²) < 4.78 is 1.77. The van der Waals surface area contributed by atoms with E-state index in [0.29, 0.717) is 17.3 Å². The molecule has 0 spiro atoms. The lowest BCUT2D eigenvalue weighted by Crippen LogP contribution is -2.36. The van der Waals surface area contributed by atoms with E-state index < -0.39 is 11.2 Å². The van der Waals surface area contributed by atoms with E-state index in [1.807, 2.05) is 0 Å². The average molecular weight is 239 g/mol. The summed E-state index contributed by atoms with van der Waals surface area (Å²) in [5.74, 6) is 0. The molecule has 2 aromatic rings. The van der Waals surface area contributed by atoms with E-state index in [-0.39, 0.29) is 0 Å². The van der Waals surface area contributed by atoms with Crippen LogP contribution in [0, 0.1) is 0 Å². The molecule has 5 nitrogen and oxygen atoms in total. The molecule has 82 valence electrons. The molecule has 2 rings (SSSR count). The summed E-state index contributed by atoms with van der Waals surface area (Å²) in [6.07, 6.45) is 3.51. The summed E-state index contributed by atoms with van der Waals surface area (Å²) in [5, 5.41) is 0.592. The molecule has 0 aliphatic heterocycles. The van der Waals surface area contributed by atoms with Crippen molar-refractivity contribution < 1.29 is 4.57 Å². The topological polar surface area (TPSA) is 69.6 Å². The predicted octanol–water partition coefficient (Wildman–Crippen LogP) is 0.0524. The van der Waals surface area contributed by atoms with Crippen LogP contribution in [0.15, 0.2) is 40.2 Å². The molecular formula is C10H9ClN3O2+. The number of pyridine rings is 1. The number of hydrogen-bond acceptors (Lipinski definition) is 2. The van der Waals surface area contributed by atoms with Gasteiger partial charge in [0.05, 0.1) is 5.69 Å². The molecule has 2 N–H and O–H groups in total. The van der Waals surface area contributed by atoms with Crippen LogP contribution >= 0.6 is 11.6 Å². The summed E-state index contributed by atoms with van der Waals surface area (Å²) in [7, 11) is 0. The maximum atomic E-state index is 11.1. The highest BCUT2D eigenvalue weighted by atomic mass is 35.5. The lowest BCUT2D eigenvalue weighted by molar-refractivity contribution is -0.688. The third kappa shape index (κ3) is 2.58. The minimum Gasteiger partial charge on any atom is -0.305 e. The van der Waals surface area contributed by atoms with Crippen molar-refractivity contribution >= 4 is 11.6 Å². The molecule has 0 atom stereocenters. The standard InChI is InChI=1S/C10H8ClN3O2/c11-7-2-1-3-14(5-7)6-8-4-9(15)13-10(16)12-8/h1-5H,6H2,(H-,12,13,15,16)/p+1. The van der Waals surface area contributed by atoms with Gasteiger partial charge in [0.2, 0.25) is 0 Å². The molecule has 0 amide bonds. The molecule has 0 aliphatic carbocycles. The lowest BCUT2D eigenvalue weighted by atomic mass is 10.4. The van der Waals surface area contributed by atoms with Crippen molar-refractivity contribution in [2.75, 3.05) is 0 Å². The second kappa shape index (κ2) is 4.32. The molecular weight excluding hydrogens is 230 g/mol. The molecule has 0 aromatic carbocycles. The first-order valence-electron chi connectivity index (χ1n) is 4.60. The van der Waals surface area contributed by atoms with Crippen LogP contribution < -0.4 is 15.8 Å². The Labute approximate surface area is 95.3 Å². The highest BCUT2D eigenvalue weighted by Gasteiger charge is 2.05. The van der Waals surface area contributed by atoms with Gasteiger partial charge in [-0.1, -0.05) is 11.6 Å². The van der Waals surface area contributed by atoms with Gasteiger partial charge in [-0.3, -0.25) is 9.78 Å². The molecule has 2 heterocycles. The average Bonchev–Trinajstić information content (AvgIpc) is 2.15. The second-order valence-corrected chi connectivity index (χ2v) is 3.74. The van der Waals surface area contributed by atoms with Gasteiger partial charge in [-0.2, -0.15) is 4.57 Å². The number of halogens is 1. The molecule has 2 aromatic heterocycles. The maximum Gasteiger partial charge on any atom is 0.326 e. The Morgan fingerprint density at radius 2 is 2.12 bits per heavy atom. The van der Waals surface area contributed by atoms with Crippen LogP contribution in [0.4, 0.5) is 0 Å². The van der Waals surface area contributed by atoms with Crippen molar-refractivity contribution in [2.45, 2.75) is 6.54 Å². The zero-order valence-corrected chi connectivity index (χ0v) is 8.99. The van der Waals surface area contributed by atoms with E-state index in [4.69, 9.17) is 11.6 Å². The summed E-state index contributed by atoms with van der Waals surface area (Å²) in [5.41, 5.74) is -0.396. The number of rotatable bonds is 2. The molecule has 0 saturated heterocycles. The minimum atomic E-state index is -0.509. The van der Waals surface area contributed by atoms with Crippen LogP contribution in [0.3, 0.4) is 0 Å². The van der Waals surface area contributed by atoms with Gasteiger partial charge in [0.1, 0.15) is 5.02 Å². The van der Waals surface area contributed by atoms with Gasteiger partial charge in [-0.25, -0.2) is 4.79 Å². The van der Waals surface area contributed by atoms with E-state index in [0.717, 1.165) is 0 Å². The van der Waals surface area contributed by atoms with Crippen LogP contribution in [0.25, 0.3) is 0 Å². The number of hydrogen-bond donors (Lipinski definition) is 2. The summed E-state index contributed by atoms with van der Waals surface area (Å²) >= 11 is 5.81. The fourth-order valence-electron chi connectivity index (χ4n) is 1.39. The van der Waals surface area contributed by atoms with Crippen molar-refractivity contribution in [1.82, 2.24) is 9.97 Å². The summed E-state index contributed by atoms with van der Waals surface area (Å²) in [6, 6.07) is 4.88. The number of aromatic nitrogens is 3. The highest BCUT2D eigenvalue weighted by molar-refractivity contribution is 6.30. The van der Waals surface area contributed by atoms with Crippen molar-refractivity contribution in [2.24, 2.45) is 0 Å². The van der Waals surface area contributed by atoms with Gasteiger partial charge >= 0.3 is 5.69 Å². The van der Waals surface area contributed by atoms with E-state index in [1.54, 1.807) is 29.1 Å².